The van der Waals surface area contributed by atoms with Crippen LogP contribution in [0.25, 0.3) is 0 Å². The molecule has 0 aromatic heterocycles. The Morgan fingerprint density at radius 2 is 1.52 bits per heavy atom. The van der Waals surface area contributed by atoms with Crippen LogP contribution in [0.3, 0.4) is 0 Å². The molecule has 1 amide bonds. The number of halogens is 4. The number of nitrogens with zero attached hydrogens (tertiary/aromatic N) is 1. The van der Waals surface area contributed by atoms with Gasteiger partial charge in [-0.2, -0.15) is 13.2 Å². The van der Waals surface area contributed by atoms with Gasteiger partial charge in [0, 0.05) is 16.8 Å². The normalized spacial score (nSPS) is 12.1. The average Bonchev–Trinajstić information content (AvgIpc) is 2.54. The van der Waals surface area contributed by atoms with Crippen molar-refractivity contribution >= 4 is 28.4 Å². The maximum absolute atomic E-state index is 12.5. The van der Waals surface area contributed by atoms with Crippen molar-refractivity contribution in [1.82, 2.24) is 0 Å². The minimum absolute atomic E-state index is 0.125. The van der Waals surface area contributed by atoms with Gasteiger partial charge in [0.25, 0.3) is 5.91 Å². The molecule has 8 heteroatoms. The Morgan fingerprint density at radius 1 is 1.00 bits per heavy atom. The second kappa shape index (κ2) is 6.70. The molecule has 0 radical (unpaired) electrons. The van der Waals surface area contributed by atoms with E-state index in [1.165, 1.54) is 36.4 Å². The molecule has 23 heavy (non-hydrogen) atoms. The molecule has 0 aliphatic heterocycles. The number of hydrogen-bond acceptors (Lipinski definition) is 3. The van der Waals surface area contributed by atoms with Crippen molar-refractivity contribution in [2.45, 2.75) is 6.18 Å². The van der Waals surface area contributed by atoms with E-state index in [9.17, 15) is 18.0 Å². The van der Waals surface area contributed by atoms with Crippen LogP contribution in [0.2, 0.25) is 0 Å². The van der Waals surface area contributed by atoms with Gasteiger partial charge in [0.2, 0.25) is 0 Å². The number of carbonyl (C=O) groups is 1. The van der Waals surface area contributed by atoms with Crippen LogP contribution in [-0.2, 0) is 6.18 Å². The van der Waals surface area contributed by atoms with Crippen molar-refractivity contribution in [3.8, 4) is 0 Å². The first-order valence-corrected chi connectivity index (χ1v) is 6.65. The van der Waals surface area contributed by atoms with E-state index in [1.54, 1.807) is 0 Å². The SMILES string of the molecule is O=C(Nc1ccc(C(F)(F)F)cc1)c1ccc(/C(Cl)=N\O)cc1. The number of anilines is 1. The Labute approximate surface area is 134 Å². The zero-order valence-corrected chi connectivity index (χ0v) is 12.2. The van der Waals surface area contributed by atoms with E-state index in [0.29, 0.717) is 5.56 Å². The van der Waals surface area contributed by atoms with Gasteiger partial charge in [-0.05, 0) is 36.4 Å². The molecule has 0 fully saturated rings. The maximum Gasteiger partial charge on any atom is 0.416 e. The minimum Gasteiger partial charge on any atom is -0.410 e. The molecule has 2 aromatic carbocycles. The molecule has 120 valence electrons. The fourth-order valence-corrected chi connectivity index (χ4v) is 1.89. The Bertz CT molecular complexity index is 726. The number of hydrogen-bond donors (Lipinski definition) is 2. The van der Waals surface area contributed by atoms with Crippen molar-refractivity contribution in [1.29, 1.82) is 0 Å². The number of amides is 1. The summed E-state index contributed by atoms with van der Waals surface area (Å²) in [6.45, 7) is 0. The first-order valence-electron chi connectivity index (χ1n) is 6.28. The monoisotopic (exact) mass is 342 g/mol. The van der Waals surface area contributed by atoms with E-state index < -0.39 is 17.6 Å². The first kappa shape index (κ1) is 16.8. The lowest BCUT2D eigenvalue weighted by atomic mass is 10.1. The molecule has 0 saturated carbocycles. The second-order valence-electron chi connectivity index (χ2n) is 4.50. The predicted octanol–water partition coefficient (Wildman–Crippen LogP) is 4.33. The van der Waals surface area contributed by atoms with Gasteiger partial charge in [0.1, 0.15) is 0 Å². The molecule has 0 spiro atoms. The fraction of sp³-hybridized carbons (Fsp3) is 0.0667. The fourth-order valence-electron chi connectivity index (χ4n) is 1.76. The lowest BCUT2D eigenvalue weighted by Crippen LogP contribution is -2.12. The Morgan fingerprint density at radius 3 is 2.00 bits per heavy atom. The highest BCUT2D eigenvalue weighted by Crippen LogP contribution is 2.29. The standard InChI is InChI=1S/C15H10ClF3N2O2/c16-13(21-23)9-1-3-10(4-2-9)14(22)20-12-7-5-11(6-8-12)15(17,18)19/h1-8,23H,(H,20,22)/b21-13+. The van der Waals surface area contributed by atoms with Crippen molar-refractivity contribution in [2.75, 3.05) is 5.32 Å². The quantitative estimate of drug-likeness (QED) is 0.495. The molecule has 0 aliphatic carbocycles. The van der Waals surface area contributed by atoms with Crippen molar-refractivity contribution in [2.24, 2.45) is 5.16 Å². The van der Waals surface area contributed by atoms with Gasteiger partial charge < -0.3 is 10.5 Å². The number of alkyl halides is 3. The zero-order chi connectivity index (χ0) is 17.0. The molecule has 2 rings (SSSR count). The van der Waals surface area contributed by atoms with Crippen molar-refractivity contribution < 1.29 is 23.2 Å². The second-order valence-corrected chi connectivity index (χ2v) is 4.86. The van der Waals surface area contributed by atoms with E-state index in [1.807, 2.05) is 0 Å². The van der Waals surface area contributed by atoms with E-state index in [0.717, 1.165) is 12.1 Å². The molecule has 0 atom stereocenters. The summed E-state index contributed by atoms with van der Waals surface area (Å²) in [5, 5.41) is 13.7. The summed E-state index contributed by atoms with van der Waals surface area (Å²) < 4.78 is 37.4. The molecule has 0 saturated heterocycles. The molecule has 0 bridgehead atoms. The summed E-state index contributed by atoms with van der Waals surface area (Å²) in [5.41, 5.74) is 0.135. The molecule has 0 heterocycles. The molecule has 2 N–H and O–H groups in total. The predicted molar refractivity (Wildman–Crippen MR) is 80.0 cm³/mol. The van der Waals surface area contributed by atoms with Crippen LogP contribution in [0.15, 0.2) is 53.7 Å². The van der Waals surface area contributed by atoms with Gasteiger partial charge in [-0.15, -0.1) is 0 Å². The third kappa shape index (κ3) is 4.23. The molecule has 0 aliphatic rings. The minimum atomic E-state index is -4.42. The zero-order valence-electron chi connectivity index (χ0n) is 11.4. The van der Waals surface area contributed by atoms with E-state index in [-0.39, 0.29) is 16.4 Å². The van der Waals surface area contributed by atoms with Gasteiger partial charge >= 0.3 is 6.18 Å². The molecule has 4 nitrogen and oxygen atoms in total. The highest BCUT2D eigenvalue weighted by atomic mass is 35.5. The lowest BCUT2D eigenvalue weighted by Gasteiger charge is -2.09. The summed E-state index contributed by atoms with van der Waals surface area (Å²) in [7, 11) is 0. The smallest absolute Gasteiger partial charge is 0.410 e. The third-order valence-electron chi connectivity index (χ3n) is 2.94. The summed E-state index contributed by atoms with van der Waals surface area (Å²) in [6.07, 6.45) is -4.42. The summed E-state index contributed by atoms with van der Waals surface area (Å²) in [6, 6.07) is 9.96. The number of carbonyl (C=O) groups excluding carboxylic acids is 1. The topological polar surface area (TPSA) is 61.7 Å². The summed E-state index contributed by atoms with van der Waals surface area (Å²) >= 11 is 5.61. The van der Waals surface area contributed by atoms with Crippen LogP contribution < -0.4 is 5.32 Å². The van der Waals surface area contributed by atoms with Crippen LogP contribution in [0, 0.1) is 0 Å². The van der Waals surface area contributed by atoms with E-state index in [2.05, 4.69) is 10.5 Å². The molecule has 2 aromatic rings. The van der Waals surface area contributed by atoms with Crippen LogP contribution in [0.5, 0.6) is 0 Å². The Hall–Kier alpha value is -2.54. The van der Waals surface area contributed by atoms with Gasteiger partial charge in [0.05, 0.1) is 5.56 Å². The maximum atomic E-state index is 12.5. The van der Waals surface area contributed by atoms with Gasteiger partial charge in [-0.1, -0.05) is 28.9 Å². The van der Waals surface area contributed by atoms with Crippen molar-refractivity contribution in [3.63, 3.8) is 0 Å². The Kier molecular flexibility index (Phi) is 4.90. The van der Waals surface area contributed by atoms with Crippen LogP contribution in [0.4, 0.5) is 18.9 Å². The van der Waals surface area contributed by atoms with E-state index >= 15 is 0 Å². The number of rotatable bonds is 3. The molecular formula is C15H10ClF3N2O2. The van der Waals surface area contributed by atoms with Crippen LogP contribution in [0.1, 0.15) is 21.5 Å². The number of oxime groups is 1. The lowest BCUT2D eigenvalue weighted by molar-refractivity contribution is -0.137. The molecule has 0 unspecified atom stereocenters. The first-order chi connectivity index (χ1) is 10.8. The van der Waals surface area contributed by atoms with Crippen LogP contribution >= 0.6 is 11.6 Å². The largest absolute Gasteiger partial charge is 0.416 e. The number of benzene rings is 2. The summed E-state index contributed by atoms with van der Waals surface area (Å²) in [4.78, 5) is 12.0. The highest BCUT2D eigenvalue weighted by Gasteiger charge is 2.29. The van der Waals surface area contributed by atoms with Gasteiger partial charge in [-0.3, -0.25) is 4.79 Å². The average molecular weight is 343 g/mol. The summed E-state index contributed by atoms with van der Waals surface area (Å²) in [5.74, 6) is -0.492. The van der Waals surface area contributed by atoms with Crippen molar-refractivity contribution in [3.05, 3.63) is 65.2 Å². The van der Waals surface area contributed by atoms with Gasteiger partial charge in [0.15, 0.2) is 5.17 Å². The van der Waals surface area contributed by atoms with Gasteiger partial charge in [-0.25, -0.2) is 0 Å². The van der Waals surface area contributed by atoms with E-state index in [4.69, 9.17) is 16.8 Å². The third-order valence-corrected chi connectivity index (χ3v) is 3.24. The highest BCUT2D eigenvalue weighted by molar-refractivity contribution is 6.69. The molecular weight excluding hydrogens is 333 g/mol. The number of nitrogens with one attached hydrogen (secondary N) is 1. The Balaban J connectivity index is 2.10. The van der Waals surface area contributed by atoms with Crippen LogP contribution in [-0.4, -0.2) is 16.3 Å².